The van der Waals surface area contributed by atoms with Crippen molar-refractivity contribution in [2.45, 2.75) is 26.8 Å². The summed E-state index contributed by atoms with van der Waals surface area (Å²) in [7, 11) is 0. The fourth-order valence-corrected chi connectivity index (χ4v) is 3.56. The molecule has 0 spiro atoms. The highest BCUT2D eigenvalue weighted by Crippen LogP contribution is 2.39. The first-order valence-corrected chi connectivity index (χ1v) is 8.71. The number of nitrogens with zero attached hydrogens (tertiary/aromatic N) is 1. The molecule has 0 atom stereocenters. The summed E-state index contributed by atoms with van der Waals surface area (Å²) in [4.78, 5) is 25.9. The molecule has 0 radical (unpaired) electrons. The van der Waals surface area contributed by atoms with Crippen LogP contribution in [0.25, 0.3) is 4.48 Å². The fourth-order valence-electron chi connectivity index (χ4n) is 3.01. The molecule has 1 aliphatic rings. The average molecular weight is 402 g/mol. The number of fused-ring (bicyclic) bond motifs is 1. The van der Waals surface area contributed by atoms with Crippen molar-refractivity contribution in [1.82, 2.24) is 0 Å². The van der Waals surface area contributed by atoms with E-state index in [9.17, 15) is 14.0 Å². The first-order valence-electron chi connectivity index (χ1n) is 7.91. The van der Waals surface area contributed by atoms with Crippen molar-refractivity contribution >= 4 is 38.3 Å². The maximum Gasteiger partial charge on any atom is 0.231 e. The lowest BCUT2D eigenvalue weighted by atomic mass is 10.0. The summed E-state index contributed by atoms with van der Waals surface area (Å²) in [6.07, 6.45) is 0.718. The second kappa shape index (κ2) is 6.92. The predicted octanol–water partition coefficient (Wildman–Crippen LogP) is 4.68. The Balaban J connectivity index is 2.12. The lowest BCUT2D eigenvalue weighted by Crippen LogP contribution is -2.31. The van der Waals surface area contributed by atoms with E-state index >= 15 is 0 Å². The Morgan fingerprint density at radius 3 is 2.64 bits per heavy atom. The first kappa shape index (κ1) is 17.5. The van der Waals surface area contributed by atoms with Crippen molar-refractivity contribution in [3.63, 3.8) is 0 Å². The molecule has 0 aliphatic carbocycles. The van der Waals surface area contributed by atoms with E-state index in [4.69, 9.17) is 0 Å². The van der Waals surface area contributed by atoms with Gasteiger partial charge in [0.25, 0.3) is 0 Å². The molecule has 0 bridgehead atoms. The maximum atomic E-state index is 13.9. The van der Waals surface area contributed by atoms with Gasteiger partial charge in [0.1, 0.15) is 12.1 Å². The van der Waals surface area contributed by atoms with E-state index < -0.39 is 0 Å². The van der Waals surface area contributed by atoms with Gasteiger partial charge in [-0.1, -0.05) is 30.3 Å². The summed E-state index contributed by atoms with van der Waals surface area (Å²) in [5.74, 6) is -0.481. The molecule has 0 N–H and O–H groups in total. The van der Waals surface area contributed by atoms with Gasteiger partial charge in [-0.3, -0.25) is 9.59 Å². The van der Waals surface area contributed by atoms with Crippen LogP contribution in [0.15, 0.2) is 42.0 Å². The normalized spacial score (nSPS) is 14.4. The van der Waals surface area contributed by atoms with Crippen LogP contribution in [0.3, 0.4) is 0 Å². The van der Waals surface area contributed by atoms with Crippen molar-refractivity contribution in [1.29, 1.82) is 0 Å². The van der Waals surface area contributed by atoms with Gasteiger partial charge in [0.15, 0.2) is 0 Å². The SMILES string of the molecule is Cc1ccc(CN2C(=O)CC(C=O)=C(Br)c3cccc(C)c32)cc1F. The number of rotatable bonds is 3. The Hall–Kier alpha value is -2.27. The zero-order chi connectivity index (χ0) is 18.1. The average Bonchev–Trinajstić information content (AvgIpc) is 2.69. The van der Waals surface area contributed by atoms with E-state index in [1.54, 1.807) is 17.9 Å². The van der Waals surface area contributed by atoms with Crippen LogP contribution in [0.1, 0.15) is 28.7 Å². The van der Waals surface area contributed by atoms with Gasteiger partial charge in [-0.25, -0.2) is 4.39 Å². The summed E-state index contributed by atoms with van der Waals surface area (Å²) < 4.78 is 14.5. The Kier molecular flexibility index (Phi) is 4.86. The highest BCUT2D eigenvalue weighted by molar-refractivity contribution is 9.15. The summed E-state index contributed by atoms with van der Waals surface area (Å²) in [6, 6.07) is 10.7. The summed E-state index contributed by atoms with van der Waals surface area (Å²) >= 11 is 3.47. The van der Waals surface area contributed by atoms with Crippen molar-refractivity contribution in [3.05, 3.63) is 70.0 Å². The molecule has 0 saturated carbocycles. The molecule has 1 aliphatic heterocycles. The molecule has 5 heteroatoms. The van der Waals surface area contributed by atoms with E-state index in [2.05, 4.69) is 15.9 Å². The van der Waals surface area contributed by atoms with Gasteiger partial charge >= 0.3 is 0 Å². The maximum absolute atomic E-state index is 13.9. The molecule has 0 fully saturated rings. The first-order chi connectivity index (χ1) is 11.9. The number of hydrogen-bond acceptors (Lipinski definition) is 2. The third-order valence-electron chi connectivity index (χ3n) is 4.39. The second-order valence-electron chi connectivity index (χ2n) is 6.17. The van der Waals surface area contributed by atoms with Crippen molar-refractivity contribution in [3.8, 4) is 0 Å². The number of para-hydroxylation sites is 1. The number of carbonyl (C=O) groups is 2. The second-order valence-corrected chi connectivity index (χ2v) is 6.96. The molecule has 25 heavy (non-hydrogen) atoms. The van der Waals surface area contributed by atoms with Crippen molar-refractivity contribution in [2.75, 3.05) is 4.90 Å². The summed E-state index contributed by atoms with van der Waals surface area (Å²) in [5.41, 5.74) is 4.14. The molecule has 2 aromatic rings. The quantitative estimate of drug-likeness (QED) is 0.699. The molecule has 1 amide bonds. The van der Waals surface area contributed by atoms with Crippen LogP contribution < -0.4 is 4.90 Å². The lowest BCUT2D eigenvalue weighted by Gasteiger charge is -2.25. The minimum atomic E-state index is -0.294. The summed E-state index contributed by atoms with van der Waals surface area (Å²) in [6.45, 7) is 3.87. The number of aryl methyl sites for hydroxylation is 2. The van der Waals surface area contributed by atoms with Crippen molar-refractivity contribution < 1.29 is 14.0 Å². The van der Waals surface area contributed by atoms with E-state index in [0.717, 1.165) is 16.8 Å². The highest BCUT2D eigenvalue weighted by Gasteiger charge is 2.28. The van der Waals surface area contributed by atoms with Gasteiger partial charge in [0.2, 0.25) is 5.91 Å². The third kappa shape index (κ3) is 3.29. The minimum absolute atomic E-state index is 0.00649. The van der Waals surface area contributed by atoms with E-state index in [1.807, 2.05) is 31.2 Å². The monoisotopic (exact) mass is 401 g/mol. The van der Waals surface area contributed by atoms with Gasteiger partial charge in [-0.2, -0.15) is 0 Å². The number of amides is 1. The van der Waals surface area contributed by atoms with Gasteiger partial charge in [0, 0.05) is 15.6 Å². The van der Waals surface area contributed by atoms with E-state index in [-0.39, 0.29) is 24.7 Å². The van der Waals surface area contributed by atoms with Gasteiger partial charge in [-0.05, 0) is 52.5 Å². The molecular weight excluding hydrogens is 385 g/mol. The van der Waals surface area contributed by atoms with E-state index in [0.29, 0.717) is 27.5 Å². The predicted molar refractivity (Wildman–Crippen MR) is 100 cm³/mol. The molecule has 128 valence electrons. The van der Waals surface area contributed by atoms with Crippen LogP contribution in [0.4, 0.5) is 10.1 Å². The number of halogens is 2. The highest BCUT2D eigenvalue weighted by atomic mass is 79.9. The van der Waals surface area contributed by atoms with Crippen LogP contribution in [-0.4, -0.2) is 12.2 Å². The Bertz CT molecular complexity index is 905. The molecule has 3 nitrogen and oxygen atoms in total. The molecule has 0 unspecified atom stereocenters. The molecule has 1 heterocycles. The Labute approximate surface area is 154 Å². The van der Waals surface area contributed by atoms with Crippen LogP contribution in [0.5, 0.6) is 0 Å². The molecule has 0 saturated heterocycles. The van der Waals surface area contributed by atoms with Crippen molar-refractivity contribution in [2.24, 2.45) is 0 Å². The van der Waals surface area contributed by atoms with Crippen LogP contribution in [-0.2, 0) is 16.1 Å². The number of carbonyl (C=O) groups excluding carboxylic acids is 2. The largest absolute Gasteiger partial charge is 0.307 e. The number of benzene rings is 2. The number of anilines is 1. The van der Waals surface area contributed by atoms with Crippen LogP contribution in [0, 0.1) is 19.7 Å². The van der Waals surface area contributed by atoms with E-state index in [1.165, 1.54) is 6.07 Å². The zero-order valence-electron chi connectivity index (χ0n) is 14.0. The third-order valence-corrected chi connectivity index (χ3v) is 5.32. The minimum Gasteiger partial charge on any atom is -0.307 e. The Morgan fingerprint density at radius 2 is 1.96 bits per heavy atom. The van der Waals surface area contributed by atoms with Gasteiger partial charge in [-0.15, -0.1) is 0 Å². The number of aldehydes is 1. The Morgan fingerprint density at radius 1 is 1.20 bits per heavy atom. The molecule has 2 aromatic carbocycles. The zero-order valence-corrected chi connectivity index (χ0v) is 15.6. The van der Waals surface area contributed by atoms with Gasteiger partial charge < -0.3 is 4.90 Å². The number of hydrogen-bond donors (Lipinski definition) is 0. The molecule has 0 aromatic heterocycles. The van der Waals surface area contributed by atoms with Crippen LogP contribution >= 0.6 is 15.9 Å². The standard InChI is InChI=1S/C20H17BrFNO2/c1-12-6-7-14(8-17(12)22)10-23-18(25)9-15(11-24)19(21)16-5-3-4-13(2)20(16)23/h3-8,11H,9-10H2,1-2H3. The van der Waals surface area contributed by atoms with Gasteiger partial charge in [0.05, 0.1) is 18.7 Å². The summed E-state index contributed by atoms with van der Waals surface area (Å²) in [5, 5.41) is 0. The molecular formula is C20H17BrFNO2. The topological polar surface area (TPSA) is 37.4 Å². The molecule has 3 rings (SSSR count). The van der Waals surface area contributed by atoms with Crippen LogP contribution in [0.2, 0.25) is 0 Å². The lowest BCUT2D eigenvalue weighted by molar-refractivity contribution is -0.118. The fraction of sp³-hybridized carbons (Fsp3) is 0.200. The smallest absolute Gasteiger partial charge is 0.231 e.